The highest BCUT2D eigenvalue weighted by molar-refractivity contribution is 9.10. The lowest BCUT2D eigenvalue weighted by molar-refractivity contribution is -0.119. The number of carbonyl (C=O) groups excluding carboxylic acids is 1. The largest absolute Gasteiger partial charge is 0.491 e. The standard InChI is InChI=1S/C11H13BrClNO3/c1-3-17-11-8(12)4-7(13)5-9(11)14-10(15)6-16-2/h4-5H,3,6H2,1-2H3,(H,14,15). The average molecular weight is 323 g/mol. The van der Waals surface area contributed by atoms with Gasteiger partial charge in [-0.1, -0.05) is 11.6 Å². The topological polar surface area (TPSA) is 47.6 Å². The van der Waals surface area contributed by atoms with Crippen LogP contribution in [0.4, 0.5) is 5.69 Å². The zero-order chi connectivity index (χ0) is 12.8. The quantitative estimate of drug-likeness (QED) is 0.906. The van der Waals surface area contributed by atoms with E-state index in [1.165, 1.54) is 7.11 Å². The fourth-order valence-electron chi connectivity index (χ4n) is 1.26. The first-order chi connectivity index (χ1) is 8.08. The molecule has 1 rings (SSSR count). The normalized spacial score (nSPS) is 10.1. The molecule has 0 saturated heterocycles. The molecule has 0 spiro atoms. The van der Waals surface area contributed by atoms with Crippen molar-refractivity contribution in [2.24, 2.45) is 0 Å². The number of benzene rings is 1. The minimum absolute atomic E-state index is 0.0182. The highest BCUT2D eigenvalue weighted by Crippen LogP contribution is 2.36. The molecule has 94 valence electrons. The molecule has 1 N–H and O–H groups in total. The van der Waals surface area contributed by atoms with Crippen molar-refractivity contribution in [1.29, 1.82) is 0 Å². The molecule has 6 heteroatoms. The number of hydrogen-bond acceptors (Lipinski definition) is 3. The molecule has 0 atom stereocenters. The van der Waals surface area contributed by atoms with Crippen molar-refractivity contribution in [3.63, 3.8) is 0 Å². The van der Waals surface area contributed by atoms with Gasteiger partial charge in [0.05, 0.1) is 16.8 Å². The van der Waals surface area contributed by atoms with E-state index in [-0.39, 0.29) is 12.5 Å². The van der Waals surface area contributed by atoms with Gasteiger partial charge in [0, 0.05) is 12.1 Å². The van der Waals surface area contributed by atoms with Crippen LogP contribution < -0.4 is 10.1 Å². The Balaban J connectivity index is 2.98. The average Bonchev–Trinajstić information content (AvgIpc) is 2.23. The predicted octanol–water partition coefficient (Wildman–Crippen LogP) is 3.09. The lowest BCUT2D eigenvalue weighted by Gasteiger charge is -2.13. The van der Waals surface area contributed by atoms with Crippen LogP contribution in [-0.4, -0.2) is 26.2 Å². The van der Waals surface area contributed by atoms with E-state index >= 15 is 0 Å². The molecule has 0 heterocycles. The second-order valence-electron chi connectivity index (χ2n) is 3.18. The van der Waals surface area contributed by atoms with Crippen molar-refractivity contribution in [3.05, 3.63) is 21.6 Å². The highest BCUT2D eigenvalue weighted by Gasteiger charge is 2.12. The first-order valence-electron chi connectivity index (χ1n) is 4.99. The van der Waals surface area contributed by atoms with Gasteiger partial charge in [-0.05, 0) is 35.0 Å². The van der Waals surface area contributed by atoms with Crippen molar-refractivity contribution in [2.75, 3.05) is 25.6 Å². The monoisotopic (exact) mass is 321 g/mol. The summed E-state index contributed by atoms with van der Waals surface area (Å²) in [4.78, 5) is 11.4. The van der Waals surface area contributed by atoms with Crippen LogP contribution in [0.3, 0.4) is 0 Å². The van der Waals surface area contributed by atoms with E-state index in [1.54, 1.807) is 12.1 Å². The zero-order valence-corrected chi connectivity index (χ0v) is 11.9. The molecule has 17 heavy (non-hydrogen) atoms. The molecular weight excluding hydrogens is 309 g/mol. The summed E-state index contributed by atoms with van der Waals surface area (Å²) in [6, 6.07) is 3.34. The number of rotatable bonds is 5. The second kappa shape index (κ2) is 6.83. The number of nitrogens with one attached hydrogen (secondary N) is 1. The van der Waals surface area contributed by atoms with Crippen LogP contribution in [0.5, 0.6) is 5.75 Å². The molecule has 0 aliphatic carbocycles. The summed E-state index contributed by atoms with van der Waals surface area (Å²) in [5, 5.41) is 3.18. The van der Waals surface area contributed by atoms with Gasteiger partial charge in [-0.3, -0.25) is 4.79 Å². The van der Waals surface area contributed by atoms with E-state index in [0.717, 1.165) is 0 Å². The summed E-state index contributed by atoms with van der Waals surface area (Å²) >= 11 is 9.25. The minimum Gasteiger partial charge on any atom is -0.491 e. The van der Waals surface area contributed by atoms with Gasteiger partial charge < -0.3 is 14.8 Å². The third-order valence-corrected chi connectivity index (χ3v) is 2.65. The highest BCUT2D eigenvalue weighted by atomic mass is 79.9. The lowest BCUT2D eigenvalue weighted by Crippen LogP contribution is -2.17. The summed E-state index contributed by atoms with van der Waals surface area (Å²) in [7, 11) is 1.46. The molecule has 0 radical (unpaired) electrons. The molecule has 0 bridgehead atoms. The first kappa shape index (κ1) is 14.3. The Hall–Kier alpha value is -0.780. The third-order valence-electron chi connectivity index (χ3n) is 1.85. The van der Waals surface area contributed by atoms with Crippen molar-refractivity contribution < 1.29 is 14.3 Å². The molecule has 1 aromatic carbocycles. The summed E-state index contributed by atoms with van der Waals surface area (Å²) in [6.07, 6.45) is 0. The zero-order valence-electron chi connectivity index (χ0n) is 9.55. The van der Waals surface area contributed by atoms with E-state index in [2.05, 4.69) is 21.2 Å². The van der Waals surface area contributed by atoms with Gasteiger partial charge in [0.2, 0.25) is 5.91 Å². The Morgan fingerprint density at radius 3 is 2.82 bits per heavy atom. The number of carbonyl (C=O) groups is 1. The number of hydrogen-bond donors (Lipinski definition) is 1. The molecule has 0 unspecified atom stereocenters. The minimum atomic E-state index is -0.261. The Kier molecular flexibility index (Phi) is 5.74. The summed E-state index contributed by atoms with van der Waals surface area (Å²) in [6.45, 7) is 2.34. The van der Waals surface area contributed by atoms with Crippen molar-refractivity contribution in [1.82, 2.24) is 0 Å². The fraction of sp³-hybridized carbons (Fsp3) is 0.364. The molecule has 1 aromatic rings. The number of anilines is 1. The van der Waals surface area contributed by atoms with Crippen molar-refractivity contribution in [3.8, 4) is 5.75 Å². The molecule has 4 nitrogen and oxygen atoms in total. The number of amides is 1. The van der Waals surface area contributed by atoms with Crippen LogP contribution in [0.2, 0.25) is 5.02 Å². The Bertz CT molecular complexity index is 412. The van der Waals surface area contributed by atoms with Crippen LogP contribution in [0.1, 0.15) is 6.92 Å². The number of halogens is 2. The Morgan fingerprint density at radius 1 is 1.53 bits per heavy atom. The van der Waals surface area contributed by atoms with Crippen molar-refractivity contribution >= 4 is 39.1 Å². The smallest absolute Gasteiger partial charge is 0.250 e. The number of methoxy groups -OCH3 is 1. The van der Waals surface area contributed by atoms with Gasteiger partial charge >= 0.3 is 0 Å². The van der Waals surface area contributed by atoms with E-state index in [9.17, 15) is 4.79 Å². The van der Waals surface area contributed by atoms with Gasteiger partial charge in [-0.15, -0.1) is 0 Å². The van der Waals surface area contributed by atoms with Gasteiger partial charge in [0.1, 0.15) is 6.61 Å². The van der Waals surface area contributed by atoms with Crippen LogP contribution in [0.15, 0.2) is 16.6 Å². The lowest BCUT2D eigenvalue weighted by atomic mass is 10.3. The third kappa shape index (κ3) is 4.18. The van der Waals surface area contributed by atoms with Crippen molar-refractivity contribution in [2.45, 2.75) is 6.92 Å². The van der Waals surface area contributed by atoms with Gasteiger partial charge in [-0.25, -0.2) is 0 Å². The first-order valence-corrected chi connectivity index (χ1v) is 6.16. The van der Waals surface area contributed by atoms with Crippen LogP contribution >= 0.6 is 27.5 Å². The maximum atomic E-state index is 11.4. The molecule has 1 amide bonds. The Morgan fingerprint density at radius 2 is 2.24 bits per heavy atom. The molecule has 0 fully saturated rings. The summed E-state index contributed by atoms with van der Waals surface area (Å²) in [5.74, 6) is 0.295. The molecule has 0 aliphatic rings. The van der Waals surface area contributed by atoms with Crippen LogP contribution in [-0.2, 0) is 9.53 Å². The van der Waals surface area contributed by atoms with E-state index in [0.29, 0.717) is 27.5 Å². The molecular formula is C11H13BrClNO3. The van der Waals surface area contributed by atoms with Gasteiger partial charge in [0.15, 0.2) is 5.75 Å². The van der Waals surface area contributed by atoms with Gasteiger partial charge in [-0.2, -0.15) is 0 Å². The maximum absolute atomic E-state index is 11.4. The van der Waals surface area contributed by atoms with Crippen LogP contribution in [0.25, 0.3) is 0 Å². The SMILES string of the molecule is CCOc1c(Br)cc(Cl)cc1NC(=O)COC. The second-order valence-corrected chi connectivity index (χ2v) is 4.47. The number of ether oxygens (including phenoxy) is 2. The molecule has 0 aromatic heterocycles. The predicted molar refractivity (Wildman–Crippen MR) is 70.8 cm³/mol. The van der Waals surface area contributed by atoms with E-state index in [1.807, 2.05) is 6.92 Å². The summed E-state index contributed by atoms with van der Waals surface area (Å²) < 4.78 is 10.9. The summed E-state index contributed by atoms with van der Waals surface area (Å²) in [5.41, 5.74) is 0.522. The van der Waals surface area contributed by atoms with Gasteiger partial charge in [0.25, 0.3) is 0 Å². The van der Waals surface area contributed by atoms with Crippen LogP contribution in [0, 0.1) is 0 Å². The molecule has 0 aliphatic heterocycles. The fourth-order valence-corrected chi connectivity index (χ4v) is 2.19. The van der Waals surface area contributed by atoms with E-state index in [4.69, 9.17) is 21.1 Å². The maximum Gasteiger partial charge on any atom is 0.250 e. The van der Waals surface area contributed by atoms with E-state index < -0.39 is 0 Å². The Labute approximate surface area is 113 Å². The molecule has 0 saturated carbocycles.